The largest absolute Gasteiger partial charge is 0.508 e. The molecule has 27 heavy (non-hydrogen) atoms. The van der Waals surface area contributed by atoms with Gasteiger partial charge < -0.3 is 10.1 Å². The number of phenols is 1. The summed E-state index contributed by atoms with van der Waals surface area (Å²) in [5, 5.41) is 9.43. The highest BCUT2D eigenvalue weighted by molar-refractivity contribution is 6.05. The summed E-state index contributed by atoms with van der Waals surface area (Å²) in [5.41, 5.74) is 5.00. The molecule has 1 aromatic carbocycles. The highest BCUT2D eigenvalue weighted by atomic mass is 16.3. The topological polar surface area (TPSA) is 73.4 Å². The van der Waals surface area contributed by atoms with Gasteiger partial charge in [-0.3, -0.25) is 14.5 Å². The predicted molar refractivity (Wildman–Crippen MR) is 106 cm³/mol. The summed E-state index contributed by atoms with van der Waals surface area (Å²) >= 11 is 0. The molecule has 0 saturated heterocycles. The van der Waals surface area contributed by atoms with Crippen LogP contribution in [0.2, 0.25) is 0 Å². The van der Waals surface area contributed by atoms with Crippen LogP contribution in [0.15, 0.2) is 30.3 Å². The SMILES string of the molecule is CC(=O)c1c(C)[nH]c(C(=O)[C@@H](C)N2CC=C(c3ccc(O)cc3)CC2)c1C. The molecule has 3 rings (SSSR count). The van der Waals surface area contributed by atoms with Crippen molar-refractivity contribution in [1.82, 2.24) is 9.88 Å². The number of phenolic OH excluding ortho intramolecular Hbond substituents is 1. The van der Waals surface area contributed by atoms with Crippen LogP contribution < -0.4 is 0 Å². The van der Waals surface area contributed by atoms with Crippen molar-refractivity contribution in [1.29, 1.82) is 0 Å². The molecule has 142 valence electrons. The van der Waals surface area contributed by atoms with E-state index in [1.165, 1.54) is 12.5 Å². The number of aromatic nitrogens is 1. The zero-order valence-electron chi connectivity index (χ0n) is 16.3. The van der Waals surface area contributed by atoms with Crippen LogP contribution in [0.5, 0.6) is 5.75 Å². The standard InChI is InChI=1S/C22H26N2O3/c1-13-20(16(4)25)14(2)23-21(13)22(27)15(3)24-11-9-18(10-12-24)17-5-7-19(26)8-6-17/h5-9,15,23,26H,10-12H2,1-4H3/t15-/m1/s1. The number of Topliss-reactive ketones (excluding diaryl/α,β-unsaturated/α-hetero) is 2. The van der Waals surface area contributed by atoms with E-state index in [9.17, 15) is 14.7 Å². The quantitative estimate of drug-likeness (QED) is 0.787. The lowest BCUT2D eigenvalue weighted by atomic mass is 9.97. The van der Waals surface area contributed by atoms with Crippen LogP contribution in [-0.4, -0.2) is 45.7 Å². The number of carbonyl (C=O) groups excluding carboxylic acids is 2. The Morgan fingerprint density at radius 2 is 1.85 bits per heavy atom. The maximum Gasteiger partial charge on any atom is 0.196 e. The minimum Gasteiger partial charge on any atom is -0.508 e. The summed E-state index contributed by atoms with van der Waals surface area (Å²) in [5.74, 6) is 0.259. The molecular weight excluding hydrogens is 340 g/mol. The molecule has 1 atom stereocenters. The zero-order chi connectivity index (χ0) is 19.7. The highest BCUT2D eigenvalue weighted by Crippen LogP contribution is 2.26. The van der Waals surface area contributed by atoms with Crippen LogP contribution in [0.3, 0.4) is 0 Å². The molecule has 2 heterocycles. The first kappa shape index (κ1) is 19.1. The minimum absolute atomic E-state index is 0.0181. The van der Waals surface area contributed by atoms with Crippen LogP contribution in [0, 0.1) is 13.8 Å². The summed E-state index contributed by atoms with van der Waals surface area (Å²) in [6.07, 6.45) is 3.00. The first-order chi connectivity index (χ1) is 12.8. The Labute approximate surface area is 159 Å². The monoisotopic (exact) mass is 366 g/mol. The Balaban J connectivity index is 1.75. The first-order valence-corrected chi connectivity index (χ1v) is 9.26. The van der Waals surface area contributed by atoms with Gasteiger partial charge in [-0.05, 0) is 62.9 Å². The van der Waals surface area contributed by atoms with Crippen molar-refractivity contribution in [2.75, 3.05) is 13.1 Å². The molecule has 0 amide bonds. The van der Waals surface area contributed by atoms with Gasteiger partial charge in [0.15, 0.2) is 11.6 Å². The molecule has 5 nitrogen and oxygen atoms in total. The van der Waals surface area contributed by atoms with Crippen molar-refractivity contribution in [2.24, 2.45) is 0 Å². The van der Waals surface area contributed by atoms with Gasteiger partial charge in [0.1, 0.15) is 5.75 Å². The number of carbonyl (C=O) groups is 2. The highest BCUT2D eigenvalue weighted by Gasteiger charge is 2.28. The molecule has 1 aliphatic heterocycles. The van der Waals surface area contributed by atoms with Crippen LogP contribution in [-0.2, 0) is 0 Å². The third-order valence-electron chi connectivity index (χ3n) is 5.44. The Bertz CT molecular complexity index is 906. The van der Waals surface area contributed by atoms with Crippen LogP contribution in [0.25, 0.3) is 5.57 Å². The van der Waals surface area contributed by atoms with Crippen molar-refractivity contribution >= 4 is 17.1 Å². The number of H-pyrrole nitrogens is 1. The van der Waals surface area contributed by atoms with Gasteiger partial charge in [0.2, 0.25) is 0 Å². The average Bonchev–Trinajstić information content (AvgIpc) is 2.95. The van der Waals surface area contributed by atoms with Gasteiger partial charge in [-0.25, -0.2) is 0 Å². The second kappa shape index (κ2) is 7.53. The number of aromatic hydroxyl groups is 1. The summed E-state index contributed by atoms with van der Waals surface area (Å²) in [6.45, 7) is 8.60. The molecule has 2 aromatic rings. The summed E-state index contributed by atoms with van der Waals surface area (Å²) in [7, 11) is 0. The van der Waals surface area contributed by atoms with E-state index >= 15 is 0 Å². The van der Waals surface area contributed by atoms with Gasteiger partial charge in [-0.1, -0.05) is 18.2 Å². The van der Waals surface area contributed by atoms with E-state index in [1.807, 2.05) is 32.9 Å². The van der Waals surface area contributed by atoms with Crippen molar-refractivity contribution in [2.45, 2.75) is 40.2 Å². The third-order valence-corrected chi connectivity index (χ3v) is 5.44. The number of ketones is 2. The number of benzene rings is 1. The lowest BCUT2D eigenvalue weighted by Gasteiger charge is -2.31. The molecule has 0 unspecified atom stereocenters. The van der Waals surface area contributed by atoms with Crippen molar-refractivity contribution < 1.29 is 14.7 Å². The maximum atomic E-state index is 13.0. The Morgan fingerprint density at radius 1 is 1.19 bits per heavy atom. The molecule has 0 fully saturated rings. The normalized spacial score (nSPS) is 16.1. The molecule has 5 heteroatoms. The molecule has 0 radical (unpaired) electrons. The second-order valence-corrected chi connectivity index (χ2v) is 7.24. The van der Waals surface area contributed by atoms with Crippen LogP contribution in [0.1, 0.15) is 57.9 Å². The van der Waals surface area contributed by atoms with Gasteiger partial charge in [-0.2, -0.15) is 0 Å². The van der Waals surface area contributed by atoms with E-state index in [-0.39, 0.29) is 23.4 Å². The van der Waals surface area contributed by atoms with E-state index in [2.05, 4.69) is 16.0 Å². The smallest absolute Gasteiger partial charge is 0.196 e. The van der Waals surface area contributed by atoms with Crippen molar-refractivity contribution in [3.05, 3.63) is 58.4 Å². The van der Waals surface area contributed by atoms with E-state index in [1.54, 1.807) is 12.1 Å². The first-order valence-electron chi connectivity index (χ1n) is 9.26. The fourth-order valence-electron chi connectivity index (χ4n) is 3.87. The molecular formula is C22H26N2O3. The molecule has 1 aromatic heterocycles. The Hall–Kier alpha value is -2.66. The van der Waals surface area contributed by atoms with Crippen LogP contribution >= 0.6 is 0 Å². The number of aromatic amines is 1. The van der Waals surface area contributed by atoms with E-state index in [0.29, 0.717) is 17.8 Å². The molecule has 0 aliphatic carbocycles. The lowest BCUT2D eigenvalue weighted by molar-refractivity contribution is 0.0846. The fraction of sp³-hybridized carbons (Fsp3) is 0.364. The van der Waals surface area contributed by atoms with Gasteiger partial charge in [-0.15, -0.1) is 0 Å². The molecule has 0 bridgehead atoms. The summed E-state index contributed by atoms with van der Waals surface area (Å²) < 4.78 is 0. The number of hydrogen-bond acceptors (Lipinski definition) is 4. The van der Waals surface area contributed by atoms with Crippen molar-refractivity contribution in [3.8, 4) is 5.75 Å². The van der Waals surface area contributed by atoms with Crippen molar-refractivity contribution in [3.63, 3.8) is 0 Å². The second-order valence-electron chi connectivity index (χ2n) is 7.24. The number of hydrogen-bond donors (Lipinski definition) is 2. The summed E-state index contributed by atoms with van der Waals surface area (Å²) in [6, 6.07) is 6.95. The number of nitrogens with one attached hydrogen (secondary N) is 1. The number of nitrogens with zero attached hydrogens (tertiary/aromatic N) is 1. The van der Waals surface area contributed by atoms with E-state index < -0.39 is 0 Å². The van der Waals surface area contributed by atoms with Gasteiger partial charge >= 0.3 is 0 Å². The zero-order valence-corrected chi connectivity index (χ0v) is 16.3. The third kappa shape index (κ3) is 3.74. The summed E-state index contributed by atoms with van der Waals surface area (Å²) in [4.78, 5) is 30.1. The van der Waals surface area contributed by atoms with Crippen LogP contribution in [0.4, 0.5) is 0 Å². The molecule has 0 saturated carbocycles. The Morgan fingerprint density at radius 3 is 2.37 bits per heavy atom. The van der Waals surface area contributed by atoms with Gasteiger partial charge in [0, 0.05) is 24.3 Å². The molecule has 1 aliphatic rings. The van der Waals surface area contributed by atoms with E-state index in [0.717, 1.165) is 29.8 Å². The average molecular weight is 366 g/mol. The predicted octanol–water partition coefficient (Wildman–Crippen LogP) is 3.90. The minimum atomic E-state index is -0.265. The van der Waals surface area contributed by atoms with E-state index in [4.69, 9.17) is 0 Å². The molecule has 2 N–H and O–H groups in total. The Kier molecular flexibility index (Phi) is 5.33. The lowest BCUT2D eigenvalue weighted by Crippen LogP contribution is -2.41. The fourth-order valence-corrected chi connectivity index (χ4v) is 3.87. The maximum absolute atomic E-state index is 13.0. The number of aryl methyl sites for hydroxylation is 1. The van der Waals surface area contributed by atoms with Gasteiger partial charge in [0.25, 0.3) is 0 Å². The number of rotatable bonds is 5. The molecule has 0 spiro atoms. The van der Waals surface area contributed by atoms with Gasteiger partial charge in [0.05, 0.1) is 11.7 Å².